The van der Waals surface area contributed by atoms with Crippen molar-refractivity contribution in [3.8, 4) is 0 Å². The number of aliphatic hydroxyl groups is 1. The second kappa shape index (κ2) is 4.55. The molecule has 1 aromatic heterocycles. The first kappa shape index (κ1) is 11.6. The molecule has 16 heavy (non-hydrogen) atoms. The molecule has 0 unspecified atom stereocenters. The summed E-state index contributed by atoms with van der Waals surface area (Å²) in [5.41, 5.74) is 0.909. The second-order valence-corrected chi connectivity index (χ2v) is 4.84. The first-order valence-corrected chi connectivity index (χ1v) is 5.82. The van der Waals surface area contributed by atoms with Crippen molar-refractivity contribution in [1.29, 1.82) is 0 Å². The largest absolute Gasteiger partial charge is 0.393 e. The van der Waals surface area contributed by atoms with Gasteiger partial charge in [0, 0.05) is 19.2 Å². The molecule has 0 bridgehead atoms. The third-order valence-corrected chi connectivity index (χ3v) is 3.48. The van der Waals surface area contributed by atoms with Gasteiger partial charge in [0.05, 0.1) is 6.10 Å². The van der Waals surface area contributed by atoms with Gasteiger partial charge in [0.2, 0.25) is 0 Å². The molecule has 1 saturated carbocycles. The van der Waals surface area contributed by atoms with Gasteiger partial charge in [-0.15, -0.1) is 0 Å². The summed E-state index contributed by atoms with van der Waals surface area (Å²) in [7, 11) is 2.00. The minimum absolute atomic E-state index is 0.103. The summed E-state index contributed by atoms with van der Waals surface area (Å²) in [6, 6.07) is 0. The molecule has 0 aromatic carbocycles. The summed E-state index contributed by atoms with van der Waals surface area (Å²) in [4.78, 5) is 10.3. The average Bonchev–Trinajstić information content (AvgIpc) is 2.19. The summed E-state index contributed by atoms with van der Waals surface area (Å²) in [5, 5.41) is 9.74. The number of aliphatic hydroxyl groups excluding tert-OH is 1. The molecular formula is C11H16ClN3O. The van der Waals surface area contributed by atoms with Crippen LogP contribution in [0, 0.1) is 12.8 Å². The molecule has 1 aliphatic carbocycles. The maximum absolute atomic E-state index is 9.24. The third kappa shape index (κ3) is 2.28. The van der Waals surface area contributed by atoms with E-state index in [1.54, 1.807) is 0 Å². The first-order chi connectivity index (χ1) is 7.58. The molecule has 0 atom stereocenters. The number of halogens is 1. The Morgan fingerprint density at radius 1 is 1.50 bits per heavy atom. The van der Waals surface area contributed by atoms with Crippen molar-refractivity contribution in [1.82, 2.24) is 9.97 Å². The molecule has 1 aromatic rings. The van der Waals surface area contributed by atoms with Crippen molar-refractivity contribution in [3.63, 3.8) is 0 Å². The molecule has 1 N–H and O–H groups in total. The van der Waals surface area contributed by atoms with E-state index in [9.17, 15) is 5.11 Å². The van der Waals surface area contributed by atoms with Crippen LogP contribution in [0.25, 0.3) is 0 Å². The molecule has 0 radical (unpaired) electrons. The van der Waals surface area contributed by atoms with Gasteiger partial charge in [-0.05, 0) is 25.7 Å². The van der Waals surface area contributed by atoms with Crippen LogP contribution in [0.5, 0.6) is 0 Å². The highest BCUT2D eigenvalue weighted by molar-refractivity contribution is 6.30. The predicted octanol–water partition coefficient (Wildman–Crippen LogP) is 1.65. The smallest absolute Gasteiger partial charge is 0.137 e. The molecule has 0 amide bonds. The van der Waals surface area contributed by atoms with Gasteiger partial charge < -0.3 is 10.0 Å². The van der Waals surface area contributed by atoms with Crippen molar-refractivity contribution in [2.75, 3.05) is 18.5 Å². The first-order valence-electron chi connectivity index (χ1n) is 5.44. The summed E-state index contributed by atoms with van der Waals surface area (Å²) in [6.45, 7) is 2.83. The maximum Gasteiger partial charge on any atom is 0.137 e. The third-order valence-electron chi connectivity index (χ3n) is 3.10. The van der Waals surface area contributed by atoms with Crippen LogP contribution in [0.4, 0.5) is 5.82 Å². The normalized spacial score (nSPS) is 24.0. The van der Waals surface area contributed by atoms with Crippen molar-refractivity contribution in [3.05, 3.63) is 17.0 Å². The van der Waals surface area contributed by atoms with Gasteiger partial charge in [-0.3, -0.25) is 0 Å². The Bertz CT molecular complexity index is 379. The lowest BCUT2D eigenvalue weighted by molar-refractivity contribution is 0.0464. The fraction of sp³-hybridized carbons (Fsp3) is 0.636. The summed E-state index contributed by atoms with van der Waals surface area (Å²) in [5.74, 6) is 1.44. The quantitative estimate of drug-likeness (QED) is 0.818. The van der Waals surface area contributed by atoms with Crippen molar-refractivity contribution in [2.24, 2.45) is 5.92 Å². The number of rotatable bonds is 3. The van der Waals surface area contributed by atoms with Crippen LogP contribution in [0.1, 0.15) is 18.4 Å². The molecule has 4 nitrogen and oxygen atoms in total. The SMILES string of the molecule is Cc1c(Cl)ncnc1N(C)CC1CC(O)C1. The highest BCUT2D eigenvalue weighted by atomic mass is 35.5. The van der Waals surface area contributed by atoms with Crippen LogP contribution >= 0.6 is 11.6 Å². The molecule has 0 spiro atoms. The van der Waals surface area contributed by atoms with E-state index < -0.39 is 0 Å². The Hall–Kier alpha value is -0.870. The molecule has 88 valence electrons. The fourth-order valence-corrected chi connectivity index (χ4v) is 2.26. The minimum Gasteiger partial charge on any atom is -0.393 e. The summed E-state index contributed by atoms with van der Waals surface area (Å²) >= 11 is 5.95. The lowest BCUT2D eigenvalue weighted by atomic mass is 9.82. The van der Waals surface area contributed by atoms with E-state index in [0.717, 1.165) is 30.8 Å². The fourth-order valence-electron chi connectivity index (χ4n) is 2.13. The van der Waals surface area contributed by atoms with Gasteiger partial charge in [-0.1, -0.05) is 11.6 Å². The number of nitrogens with zero attached hydrogens (tertiary/aromatic N) is 3. The standard InChI is InChI=1S/C11H16ClN3O/c1-7-10(12)13-6-14-11(7)15(2)5-8-3-9(16)4-8/h6,8-9,16H,3-5H2,1-2H3. The molecule has 5 heteroatoms. The topological polar surface area (TPSA) is 49.2 Å². The molecule has 1 heterocycles. The second-order valence-electron chi connectivity index (χ2n) is 4.48. The summed E-state index contributed by atoms with van der Waals surface area (Å²) < 4.78 is 0. The van der Waals surface area contributed by atoms with E-state index in [-0.39, 0.29) is 6.10 Å². The Morgan fingerprint density at radius 2 is 2.19 bits per heavy atom. The van der Waals surface area contributed by atoms with Crippen LogP contribution in [0.15, 0.2) is 6.33 Å². The number of aromatic nitrogens is 2. The summed E-state index contributed by atoms with van der Waals surface area (Å²) in [6.07, 6.45) is 3.16. The van der Waals surface area contributed by atoms with Crippen LogP contribution in [0.3, 0.4) is 0 Å². The van der Waals surface area contributed by atoms with Crippen LogP contribution in [-0.4, -0.2) is 34.8 Å². The highest BCUT2D eigenvalue weighted by Crippen LogP contribution is 2.29. The molecule has 0 saturated heterocycles. The Labute approximate surface area is 100 Å². The van der Waals surface area contributed by atoms with E-state index in [1.807, 2.05) is 14.0 Å². The zero-order valence-electron chi connectivity index (χ0n) is 9.52. The minimum atomic E-state index is -0.103. The molecule has 1 aliphatic rings. The van der Waals surface area contributed by atoms with Crippen LogP contribution in [-0.2, 0) is 0 Å². The van der Waals surface area contributed by atoms with E-state index in [4.69, 9.17) is 11.6 Å². The molecule has 0 aliphatic heterocycles. The Kier molecular flexibility index (Phi) is 3.30. The zero-order valence-corrected chi connectivity index (χ0v) is 10.3. The van der Waals surface area contributed by atoms with E-state index in [1.165, 1.54) is 6.33 Å². The zero-order chi connectivity index (χ0) is 11.7. The van der Waals surface area contributed by atoms with Gasteiger partial charge in [-0.25, -0.2) is 9.97 Å². The number of anilines is 1. The lowest BCUT2D eigenvalue weighted by Crippen LogP contribution is -2.37. The highest BCUT2D eigenvalue weighted by Gasteiger charge is 2.28. The van der Waals surface area contributed by atoms with Gasteiger partial charge >= 0.3 is 0 Å². The van der Waals surface area contributed by atoms with Crippen molar-refractivity contribution >= 4 is 17.4 Å². The maximum atomic E-state index is 9.24. The molecule has 2 rings (SSSR count). The van der Waals surface area contributed by atoms with Gasteiger partial charge in [-0.2, -0.15) is 0 Å². The van der Waals surface area contributed by atoms with E-state index in [0.29, 0.717) is 11.1 Å². The van der Waals surface area contributed by atoms with Gasteiger partial charge in [0.25, 0.3) is 0 Å². The molecule has 1 fully saturated rings. The average molecular weight is 242 g/mol. The molecular weight excluding hydrogens is 226 g/mol. The number of hydrogen-bond acceptors (Lipinski definition) is 4. The predicted molar refractivity (Wildman–Crippen MR) is 63.8 cm³/mol. The van der Waals surface area contributed by atoms with Gasteiger partial charge in [0.15, 0.2) is 0 Å². The van der Waals surface area contributed by atoms with E-state index >= 15 is 0 Å². The van der Waals surface area contributed by atoms with Crippen LogP contribution in [0.2, 0.25) is 5.15 Å². The van der Waals surface area contributed by atoms with E-state index in [2.05, 4.69) is 14.9 Å². The number of hydrogen-bond donors (Lipinski definition) is 1. The van der Waals surface area contributed by atoms with Crippen LogP contribution < -0.4 is 4.90 Å². The van der Waals surface area contributed by atoms with Gasteiger partial charge in [0.1, 0.15) is 17.3 Å². The lowest BCUT2D eigenvalue weighted by Gasteiger charge is -2.35. The van der Waals surface area contributed by atoms with Crippen molar-refractivity contribution < 1.29 is 5.11 Å². The van der Waals surface area contributed by atoms with Crippen molar-refractivity contribution in [2.45, 2.75) is 25.9 Å². The Balaban J connectivity index is 2.03. The Morgan fingerprint density at radius 3 is 2.81 bits per heavy atom. The monoisotopic (exact) mass is 241 g/mol.